The smallest absolute Gasteiger partial charge is 0.254 e. The van der Waals surface area contributed by atoms with Gasteiger partial charge in [-0.25, -0.2) is 0 Å². The maximum atomic E-state index is 13.0. The molecule has 0 saturated carbocycles. The van der Waals surface area contributed by atoms with E-state index in [0.29, 0.717) is 17.6 Å². The summed E-state index contributed by atoms with van der Waals surface area (Å²) < 4.78 is 0. The van der Waals surface area contributed by atoms with Crippen LogP contribution in [0.25, 0.3) is 11.0 Å². The van der Waals surface area contributed by atoms with Gasteiger partial charge in [-0.3, -0.25) is 19.6 Å². The number of hydrogen-bond donors (Lipinski definition) is 0. The Morgan fingerprint density at radius 2 is 1.74 bits per heavy atom. The summed E-state index contributed by atoms with van der Waals surface area (Å²) in [6, 6.07) is 13.0. The number of fused-ring (bicyclic) bond motifs is 1. The van der Waals surface area contributed by atoms with Gasteiger partial charge < -0.3 is 9.80 Å². The van der Waals surface area contributed by atoms with Gasteiger partial charge in [0.2, 0.25) is 5.91 Å². The first-order valence-electron chi connectivity index (χ1n) is 8.92. The monoisotopic (exact) mass is 360 g/mol. The van der Waals surface area contributed by atoms with Gasteiger partial charge in [-0.1, -0.05) is 17.7 Å². The second-order valence-electron chi connectivity index (χ2n) is 6.88. The molecule has 0 aliphatic carbocycles. The van der Waals surface area contributed by atoms with Crippen molar-refractivity contribution in [1.29, 1.82) is 0 Å². The van der Waals surface area contributed by atoms with Crippen LogP contribution in [-0.2, 0) is 4.79 Å². The molecular formula is C21H20N4O2. The molecule has 2 aromatic carbocycles. The molecule has 0 unspecified atom stereocenters. The largest absolute Gasteiger partial charge is 0.325 e. The van der Waals surface area contributed by atoms with Crippen LogP contribution in [0.1, 0.15) is 22.8 Å². The third kappa shape index (κ3) is 3.26. The molecule has 0 N–H and O–H groups in total. The Kier molecular flexibility index (Phi) is 4.32. The number of amides is 2. The first-order valence-corrected chi connectivity index (χ1v) is 8.92. The zero-order chi connectivity index (χ0) is 19.0. The van der Waals surface area contributed by atoms with Crippen LogP contribution in [0.5, 0.6) is 0 Å². The maximum absolute atomic E-state index is 13.0. The Balaban J connectivity index is 1.56. The van der Waals surface area contributed by atoms with Gasteiger partial charge in [0.05, 0.1) is 11.0 Å². The lowest BCUT2D eigenvalue weighted by Gasteiger charge is -2.39. The summed E-state index contributed by atoms with van der Waals surface area (Å²) in [4.78, 5) is 37.5. The fourth-order valence-corrected chi connectivity index (χ4v) is 3.36. The molecule has 4 rings (SSSR count). The van der Waals surface area contributed by atoms with E-state index in [-0.39, 0.29) is 24.4 Å². The van der Waals surface area contributed by atoms with E-state index in [1.807, 2.05) is 38.1 Å². The zero-order valence-electron chi connectivity index (χ0n) is 15.3. The number of carbonyl (C=O) groups is 2. The molecule has 2 amide bonds. The van der Waals surface area contributed by atoms with Crippen LogP contribution in [0.4, 0.5) is 5.69 Å². The number of carbonyl (C=O) groups excluding carboxylic acids is 2. The van der Waals surface area contributed by atoms with Gasteiger partial charge in [-0.2, -0.15) is 0 Å². The minimum atomic E-state index is -0.160. The van der Waals surface area contributed by atoms with Gasteiger partial charge in [0.15, 0.2) is 0 Å². The first-order chi connectivity index (χ1) is 13.0. The number of nitrogens with zero attached hydrogens (tertiary/aromatic N) is 4. The molecule has 6 nitrogen and oxygen atoms in total. The van der Waals surface area contributed by atoms with E-state index in [4.69, 9.17) is 0 Å². The topological polar surface area (TPSA) is 66.4 Å². The second kappa shape index (κ2) is 6.79. The third-order valence-corrected chi connectivity index (χ3v) is 4.91. The van der Waals surface area contributed by atoms with E-state index in [9.17, 15) is 9.59 Å². The molecule has 1 aliphatic rings. The summed E-state index contributed by atoms with van der Waals surface area (Å²) in [6.07, 6.45) is 3.22. The minimum Gasteiger partial charge on any atom is -0.325 e. The molecular weight excluding hydrogens is 340 g/mol. The first kappa shape index (κ1) is 17.1. The van der Waals surface area contributed by atoms with Crippen LogP contribution in [0.3, 0.4) is 0 Å². The molecule has 1 fully saturated rings. The molecule has 6 heteroatoms. The highest BCUT2D eigenvalue weighted by molar-refractivity contribution is 6.03. The molecule has 27 heavy (non-hydrogen) atoms. The van der Waals surface area contributed by atoms with Gasteiger partial charge in [0.1, 0.15) is 6.54 Å². The van der Waals surface area contributed by atoms with Crippen molar-refractivity contribution in [3.63, 3.8) is 0 Å². The van der Waals surface area contributed by atoms with Gasteiger partial charge in [-0.05, 0) is 44.2 Å². The number of piperazine rings is 1. The maximum Gasteiger partial charge on any atom is 0.254 e. The molecule has 136 valence electrons. The lowest BCUT2D eigenvalue weighted by atomic mass is 10.1. The Labute approximate surface area is 157 Å². The van der Waals surface area contributed by atoms with Gasteiger partial charge >= 0.3 is 0 Å². The van der Waals surface area contributed by atoms with Crippen LogP contribution in [0, 0.1) is 6.92 Å². The van der Waals surface area contributed by atoms with Crippen molar-refractivity contribution in [1.82, 2.24) is 14.9 Å². The Morgan fingerprint density at radius 1 is 1.04 bits per heavy atom. The molecule has 1 atom stereocenters. The zero-order valence-corrected chi connectivity index (χ0v) is 15.3. The second-order valence-corrected chi connectivity index (χ2v) is 6.88. The van der Waals surface area contributed by atoms with Crippen molar-refractivity contribution in [2.75, 3.05) is 18.0 Å². The summed E-state index contributed by atoms with van der Waals surface area (Å²) in [5.74, 6) is -0.238. The average molecular weight is 360 g/mol. The summed E-state index contributed by atoms with van der Waals surface area (Å²) >= 11 is 0. The third-order valence-electron chi connectivity index (χ3n) is 4.91. The van der Waals surface area contributed by atoms with Crippen molar-refractivity contribution < 1.29 is 9.59 Å². The quantitative estimate of drug-likeness (QED) is 0.705. The minimum absolute atomic E-state index is 0.0619. The van der Waals surface area contributed by atoms with Crippen LogP contribution in [-0.4, -0.2) is 45.8 Å². The number of benzene rings is 2. The highest BCUT2D eigenvalue weighted by atomic mass is 16.2. The number of rotatable bonds is 2. The van der Waals surface area contributed by atoms with E-state index in [2.05, 4.69) is 9.97 Å². The number of anilines is 1. The Bertz CT molecular complexity index is 1020. The number of hydrogen-bond acceptors (Lipinski definition) is 4. The van der Waals surface area contributed by atoms with Gasteiger partial charge in [0, 0.05) is 36.2 Å². The van der Waals surface area contributed by atoms with E-state index in [0.717, 1.165) is 16.8 Å². The van der Waals surface area contributed by atoms with Crippen LogP contribution < -0.4 is 4.90 Å². The van der Waals surface area contributed by atoms with Gasteiger partial charge in [-0.15, -0.1) is 0 Å². The van der Waals surface area contributed by atoms with Crippen LogP contribution in [0.2, 0.25) is 0 Å². The lowest BCUT2D eigenvalue weighted by molar-refractivity contribution is -0.121. The summed E-state index contributed by atoms with van der Waals surface area (Å²) in [7, 11) is 0. The van der Waals surface area contributed by atoms with E-state index in [1.54, 1.807) is 40.4 Å². The summed E-state index contributed by atoms with van der Waals surface area (Å²) in [6.45, 7) is 4.51. The molecule has 0 bridgehead atoms. The fourth-order valence-electron chi connectivity index (χ4n) is 3.36. The molecule has 1 aromatic heterocycles. The predicted molar refractivity (Wildman–Crippen MR) is 104 cm³/mol. The van der Waals surface area contributed by atoms with Gasteiger partial charge in [0.25, 0.3) is 5.91 Å². The van der Waals surface area contributed by atoms with Crippen LogP contribution >= 0.6 is 0 Å². The lowest BCUT2D eigenvalue weighted by Crippen LogP contribution is -2.57. The normalized spacial score (nSPS) is 17.4. The highest BCUT2D eigenvalue weighted by Crippen LogP contribution is 2.22. The molecule has 1 aliphatic heterocycles. The SMILES string of the molecule is Cc1ccc(N2C[C@H](C)N(C(=O)c3ccc4nccnc4c3)CC2=O)cc1. The van der Waals surface area contributed by atoms with Crippen molar-refractivity contribution in [2.45, 2.75) is 19.9 Å². The van der Waals surface area contributed by atoms with E-state index >= 15 is 0 Å². The average Bonchev–Trinajstić information content (AvgIpc) is 2.69. The van der Waals surface area contributed by atoms with Crippen molar-refractivity contribution in [3.8, 4) is 0 Å². The highest BCUT2D eigenvalue weighted by Gasteiger charge is 2.33. The van der Waals surface area contributed by atoms with E-state index < -0.39 is 0 Å². The summed E-state index contributed by atoms with van der Waals surface area (Å²) in [5, 5.41) is 0. The number of aryl methyl sites for hydroxylation is 1. The van der Waals surface area contributed by atoms with Crippen molar-refractivity contribution in [3.05, 3.63) is 66.0 Å². The Hall–Kier alpha value is -3.28. The Morgan fingerprint density at radius 3 is 2.48 bits per heavy atom. The standard InChI is InChI=1S/C21H20N4O2/c1-14-3-6-17(7-4-14)25-12-15(2)24(13-20(25)26)21(27)16-5-8-18-19(11-16)23-10-9-22-18/h3-11,15H,12-13H2,1-2H3/t15-/m0/s1. The molecule has 0 radical (unpaired) electrons. The van der Waals surface area contributed by atoms with Crippen molar-refractivity contribution in [2.24, 2.45) is 0 Å². The van der Waals surface area contributed by atoms with Crippen LogP contribution in [0.15, 0.2) is 54.9 Å². The fraction of sp³-hybridized carbons (Fsp3) is 0.238. The summed E-state index contributed by atoms with van der Waals surface area (Å²) in [5.41, 5.74) is 3.94. The number of aromatic nitrogens is 2. The molecule has 1 saturated heterocycles. The van der Waals surface area contributed by atoms with E-state index in [1.165, 1.54) is 0 Å². The van der Waals surface area contributed by atoms with Crippen molar-refractivity contribution >= 4 is 28.5 Å². The molecule has 3 aromatic rings. The predicted octanol–water partition coefficient (Wildman–Crippen LogP) is 2.82. The molecule has 2 heterocycles. The molecule has 0 spiro atoms.